The molecule has 136 valence electrons. The molecule has 2 aromatic rings. The second-order valence-corrected chi connectivity index (χ2v) is 7.90. The van der Waals surface area contributed by atoms with E-state index in [0.29, 0.717) is 17.8 Å². The van der Waals surface area contributed by atoms with E-state index in [0.717, 1.165) is 23.2 Å². The third-order valence-electron chi connectivity index (χ3n) is 3.44. The van der Waals surface area contributed by atoms with Gasteiger partial charge >= 0.3 is 6.03 Å². The Bertz CT molecular complexity index is 860. The predicted molar refractivity (Wildman–Crippen MR) is 98.3 cm³/mol. The summed E-state index contributed by atoms with van der Waals surface area (Å²) in [5.74, 6) is 0. The van der Waals surface area contributed by atoms with Crippen LogP contribution < -0.4 is 15.4 Å². The maximum atomic E-state index is 12.2. The van der Waals surface area contributed by atoms with Crippen molar-refractivity contribution in [2.45, 2.75) is 33.2 Å². The van der Waals surface area contributed by atoms with E-state index in [2.05, 4.69) is 25.6 Å². The molecule has 1 aromatic carbocycles. The number of aromatic nitrogens is 2. The number of sulfonamides is 1. The molecular weight excluding hydrogens is 342 g/mol. The molecule has 0 bridgehead atoms. The van der Waals surface area contributed by atoms with Gasteiger partial charge in [-0.15, -0.1) is 0 Å². The monoisotopic (exact) mass is 365 g/mol. The minimum atomic E-state index is -3.38. The van der Waals surface area contributed by atoms with Gasteiger partial charge in [0.15, 0.2) is 0 Å². The number of carbonyl (C=O) groups is 1. The van der Waals surface area contributed by atoms with Gasteiger partial charge in [-0.05, 0) is 44.5 Å². The SMILES string of the molecule is Cc1cc(C[C@H](C)NC(=O)Nc2cc(NS(C)(=O)=O)ccc2C)n[nH]1. The number of rotatable bonds is 6. The second kappa shape index (κ2) is 7.56. The lowest BCUT2D eigenvalue weighted by molar-refractivity contribution is 0.249. The van der Waals surface area contributed by atoms with E-state index in [4.69, 9.17) is 0 Å². The number of carbonyl (C=O) groups excluding carboxylic acids is 1. The number of hydrogen-bond acceptors (Lipinski definition) is 4. The van der Waals surface area contributed by atoms with E-state index in [1.165, 1.54) is 0 Å². The Hall–Kier alpha value is -2.55. The molecule has 2 amide bonds. The van der Waals surface area contributed by atoms with Crippen LogP contribution in [0.5, 0.6) is 0 Å². The molecule has 8 nitrogen and oxygen atoms in total. The number of nitrogens with zero attached hydrogens (tertiary/aromatic N) is 1. The second-order valence-electron chi connectivity index (χ2n) is 6.15. The number of hydrogen-bond donors (Lipinski definition) is 4. The third kappa shape index (κ3) is 6.11. The van der Waals surface area contributed by atoms with Gasteiger partial charge < -0.3 is 10.6 Å². The Morgan fingerprint density at radius 3 is 2.60 bits per heavy atom. The third-order valence-corrected chi connectivity index (χ3v) is 4.05. The fourth-order valence-electron chi connectivity index (χ4n) is 2.36. The summed E-state index contributed by atoms with van der Waals surface area (Å²) < 4.78 is 25.0. The highest BCUT2D eigenvalue weighted by molar-refractivity contribution is 7.92. The summed E-state index contributed by atoms with van der Waals surface area (Å²) in [5.41, 5.74) is 3.60. The highest BCUT2D eigenvalue weighted by Crippen LogP contribution is 2.21. The minimum Gasteiger partial charge on any atom is -0.335 e. The molecule has 0 aliphatic rings. The van der Waals surface area contributed by atoms with Gasteiger partial charge in [0, 0.05) is 23.8 Å². The van der Waals surface area contributed by atoms with Gasteiger partial charge in [0.25, 0.3) is 0 Å². The number of anilines is 2. The van der Waals surface area contributed by atoms with E-state index in [9.17, 15) is 13.2 Å². The Kier molecular flexibility index (Phi) is 5.68. The molecular formula is C16H23N5O3S. The Morgan fingerprint density at radius 2 is 2.00 bits per heavy atom. The minimum absolute atomic E-state index is 0.111. The maximum Gasteiger partial charge on any atom is 0.319 e. The topological polar surface area (TPSA) is 116 Å². The van der Waals surface area contributed by atoms with Crippen LogP contribution in [0.1, 0.15) is 23.9 Å². The average molecular weight is 365 g/mol. The molecule has 0 saturated heterocycles. The van der Waals surface area contributed by atoms with Crippen molar-refractivity contribution in [2.75, 3.05) is 16.3 Å². The van der Waals surface area contributed by atoms with Crippen LogP contribution in [0.25, 0.3) is 0 Å². The van der Waals surface area contributed by atoms with Gasteiger partial charge in [0.2, 0.25) is 10.0 Å². The standard InChI is InChI=1S/C16H23N5O3S/c1-10-5-6-13(21-25(4,23)24)9-15(10)18-16(22)17-11(2)7-14-8-12(3)19-20-14/h5-6,8-9,11,21H,7H2,1-4H3,(H,19,20)(H2,17,18,22)/t11-/m0/s1. The predicted octanol–water partition coefficient (Wildman–Crippen LogP) is 2.15. The summed E-state index contributed by atoms with van der Waals surface area (Å²) in [7, 11) is -3.38. The fourth-order valence-corrected chi connectivity index (χ4v) is 2.92. The van der Waals surface area contributed by atoms with Crippen molar-refractivity contribution in [3.05, 3.63) is 41.2 Å². The molecule has 4 N–H and O–H groups in total. The van der Waals surface area contributed by atoms with Crippen LogP contribution in [0, 0.1) is 13.8 Å². The van der Waals surface area contributed by atoms with Gasteiger partial charge in [0.05, 0.1) is 17.6 Å². The first kappa shape index (κ1) is 18.8. The number of aryl methyl sites for hydroxylation is 2. The quantitative estimate of drug-likeness (QED) is 0.627. The van der Waals surface area contributed by atoms with Crippen LogP contribution in [-0.2, 0) is 16.4 Å². The van der Waals surface area contributed by atoms with Crippen LogP contribution in [0.2, 0.25) is 0 Å². The van der Waals surface area contributed by atoms with Crippen LogP contribution in [0.15, 0.2) is 24.3 Å². The van der Waals surface area contributed by atoms with Crippen molar-refractivity contribution in [1.29, 1.82) is 0 Å². The van der Waals surface area contributed by atoms with Crippen molar-refractivity contribution < 1.29 is 13.2 Å². The van der Waals surface area contributed by atoms with Gasteiger partial charge in [-0.3, -0.25) is 9.82 Å². The molecule has 0 aliphatic carbocycles. The lowest BCUT2D eigenvalue weighted by Gasteiger charge is -2.15. The largest absolute Gasteiger partial charge is 0.335 e. The molecule has 2 rings (SSSR count). The van der Waals surface area contributed by atoms with Gasteiger partial charge in [0.1, 0.15) is 0 Å². The van der Waals surface area contributed by atoms with E-state index in [-0.39, 0.29) is 12.1 Å². The molecule has 0 saturated carbocycles. The Labute approximate surface area is 147 Å². The van der Waals surface area contributed by atoms with E-state index in [1.54, 1.807) is 18.2 Å². The lowest BCUT2D eigenvalue weighted by atomic mass is 10.1. The van der Waals surface area contributed by atoms with Crippen molar-refractivity contribution in [3.63, 3.8) is 0 Å². The smallest absolute Gasteiger partial charge is 0.319 e. The molecule has 0 aliphatic heterocycles. The molecule has 9 heteroatoms. The molecule has 0 radical (unpaired) electrons. The summed E-state index contributed by atoms with van der Waals surface area (Å²) in [6.07, 6.45) is 1.68. The Morgan fingerprint density at radius 1 is 1.28 bits per heavy atom. The molecule has 1 heterocycles. The number of amides is 2. The van der Waals surface area contributed by atoms with E-state index >= 15 is 0 Å². The highest BCUT2D eigenvalue weighted by atomic mass is 32.2. The van der Waals surface area contributed by atoms with Gasteiger partial charge in [-0.1, -0.05) is 6.07 Å². The van der Waals surface area contributed by atoms with Crippen LogP contribution in [-0.4, -0.2) is 36.9 Å². The number of nitrogens with one attached hydrogen (secondary N) is 4. The zero-order valence-corrected chi connectivity index (χ0v) is 15.5. The highest BCUT2D eigenvalue weighted by Gasteiger charge is 2.12. The molecule has 0 fully saturated rings. The number of urea groups is 1. The lowest BCUT2D eigenvalue weighted by Crippen LogP contribution is -2.37. The molecule has 0 spiro atoms. The summed E-state index contributed by atoms with van der Waals surface area (Å²) in [5, 5.41) is 12.6. The summed E-state index contributed by atoms with van der Waals surface area (Å²) in [4.78, 5) is 12.2. The number of H-pyrrole nitrogens is 1. The molecule has 0 unspecified atom stereocenters. The van der Waals surface area contributed by atoms with Gasteiger partial charge in [-0.2, -0.15) is 5.10 Å². The maximum absolute atomic E-state index is 12.2. The molecule has 1 aromatic heterocycles. The van der Waals surface area contributed by atoms with Crippen molar-refractivity contribution >= 4 is 27.4 Å². The first-order valence-electron chi connectivity index (χ1n) is 7.79. The fraction of sp³-hybridized carbons (Fsp3) is 0.375. The zero-order valence-electron chi connectivity index (χ0n) is 14.7. The Balaban J connectivity index is 1.98. The van der Waals surface area contributed by atoms with Gasteiger partial charge in [-0.25, -0.2) is 13.2 Å². The first-order valence-corrected chi connectivity index (χ1v) is 9.68. The zero-order chi connectivity index (χ0) is 18.6. The van der Waals surface area contributed by atoms with E-state index in [1.807, 2.05) is 26.8 Å². The normalized spacial score (nSPS) is 12.5. The summed E-state index contributed by atoms with van der Waals surface area (Å²) in [6, 6.07) is 6.42. The van der Waals surface area contributed by atoms with Crippen LogP contribution in [0.4, 0.5) is 16.2 Å². The van der Waals surface area contributed by atoms with E-state index < -0.39 is 10.0 Å². The molecule has 25 heavy (non-hydrogen) atoms. The van der Waals surface area contributed by atoms with Crippen LogP contribution >= 0.6 is 0 Å². The van der Waals surface area contributed by atoms with Crippen molar-refractivity contribution in [1.82, 2.24) is 15.5 Å². The van der Waals surface area contributed by atoms with Crippen molar-refractivity contribution in [2.24, 2.45) is 0 Å². The number of aromatic amines is 1. The summed E-state index contributed by atoms with van der Waals surface area (Å²) in [6.45, 7) is 5.63. The number of benzene rings is 1. The van der Waals surface area contributed by atoms with Crippen LogP contribution in [0.3, 0.4) is 0 Å². The first-order chi connectivity index (χ1) is 11.6. The summed E-state index contributed by atoms with van der Waals surface area (Å²) >= 11 is 0. The molecule has 1 atom stereocenters. The average Bonchev–Trinajstić information content (AvgIpc) is 2.85. The van der Waals surface area contributed by atoms with Crippen molar-refractivity contribution in [3.8, 4) is 0 Å².